The van der Waals surface area contributed by atoms with Gasteiger partial charge in [0, 0.05) is 17.7 Å². The number of carbonyl (C=O) groups is 1. The third-order valence-corrected chi connectivity index (χ3v) is 1.85. The predicted molar refractivity (Wildman–Crippen MR) is 45.5 cm³/mol. The zero-order valence-electron chi connectivity index (χ0n) is 6.45. The van der Waals surface area contributed by atoms with Gasteiger partial charge in [-0.2, -0.15) is 0 Å². The van der Waals surface area contributed by atoms with Gasteiger partial charge in [-0.1, -0.05) is 12.2 Å². The molecule has 0 fully saturated rings. The van der Waals surface area contributed by atoms with Gasteiger partial charge in [0.1, 0.15) is 0 Å². The lowest BCUT2D eigenvalue weighted by Gasteiger charge is -1.94. The number of nitrogens with zero attached hydrogens (tertiary/aromatic N) is 1. The van der Waals surface area contributed by atoms with Crippen LogP contribution in [0.15, 0.2) is 24.6 Å². The molecule has 60 valence electrons. The molecule has 0 radical (unpaired) electrons. The van der Waals surface area contributed by atoms with Crippen LogP contribution in [0.2, 0.25) is 0 Å². The van der Waals surface area contributed by atoms with Crippen LogP contribution in [0.1, 0.15) is 11.4 Å². The average molecular weight is 160 g/mol. The minimum absolute atomic E-state index is 0.639. The van der Waals surface area contributed by atoms with Gasteiger partial charge in [0.25, 0.3) is 0 Å². The van der Waals surface area contributed by atoms with E-state index in [2.05, 4.69) is 9.97 Å². The van der Waals surface area contributed by atoms with Crippen molar-refractivity contribution in [2.45, 2.75) is 6.42 Å². The van der Waals surface area contributed by atoms with Crippen LogP contribution in [-0.2, 0) is 11.2 Å². The van der Waals surface area contributed by atoms with Crippen LogP contribution in [0, 0.1) is 0 Å². The minimum Gasteiger partial charge on any atom is -0.348 e. The Morgan fingerprint density at radius 2 is 2.50 bits per heavy atom. The van der Waals surface area contributed by atoms with Crippen molar-refractivity contribution in [3.8, 4) is 0 Å². The smallest absolute Gasteiger partial charge is 0.152 e. The summed E-state index contributed by atoms with van der Waals surface area (Å²) in [4.78, 5) is 17.7. The predicted octanol–water partition coefficient (Wildman–Crippen LogP) is 1.10. The zero-order valence-corrected chi connectivity index (χ0v) is 6.45. The molecule has 12 heavy (non-hydrogen) atoms. The van der Waals surface area contributed by atoms with E-state index in [-0.39, 0.29) is 0 Å². The lowest BCUT2D eigenvalue weighted by Crippen LogP contribution is -1.90. The molecule has 1 aliphatic rings. The average Bonchev–Trinajstić information content (AvgIpc) is 2.46. The number of aldehydes is 1. The van der Waals surface area contributed by atoms with E-state index in [0.717, 1.165) is 24.1 Å². The summed E-state index contributed by atoms with van der Waals surface area (Å²) in [5, 5.41) is 0. The fourth-order valence-corrected chi connectivity index (χ4v) is 1.26. The van der Waals surface area contributed by atoms with Crippen LogP contribution in [0.5, 0.6) is 0 Å². The van der Waals surface area contributed by atoms with Gasteiger partial charge < -0.3 is 4.98 Å². The van der Waals surface area contributed by atoms with Gasteiger partial charge >= 0.3 is 0 Å². The number of rotatable bonds is 1. The van der Waals surface area contributed by atoms with E-state index in [1.54, 1.807) is 12.4 Å². The number of imidazole rings is 1. The Morgan fingerprint density at radius 1 is 1.58 bits per heavy atom. The molecule has 0 saturated carbocycles. The van der Waals surface area contributed by atoms with Gasteiger partial charge in [0.15, 0.2) is 6.29 Å². The number of hydrogen-bond acceptors (Lipinski definition) is 2. The third-order valence-electron chi connectivity index (χ3n) is 1.85. The van der Waals surface area contributed by atoms with Gasteiger partial charge in [-0.25, -0.2) is 4.98 Å². The molecular formula is C9H8N2O. The lowest BCUT2D eigenvalue weighted by atomic mass is 10.1. The summed E-state index contributed by atoms with van der Waals surface area (Å²) in [6, 6.07) is 0. The molecule has 0 amide bonds. The molecule has 0 aliphatic heterocycles. The van der Waals surface area contributed by atoms with Crippen molar-refractivity contribution in [2.75, 3.05) is 0 Å². The van der Waals surface area contributed by atoms with Crippen molar-refractivity contribution < 1.29 is 4.79 Å². The van der Waals surface area contributed by atoms with E-state index in [9.17, 15) is 4.79 Å². The minimum atomic E-state index is 0.639. The van der Waals surface area contributed by atoms with E-state index in [4.69, 9.17) is 0 Å². The quantitative estimate of drug-likeness (QED) is 0.625. The van der Waals surface area contributed by atoms with Gasteiger partial charge in [-0.3, -0.25) is 4.79 Å². The summed E-state index contributed by atoms with van der Waals surface area (Å²) in [5.74, 6) is 0. The molecule has 2 rings (SSSR count). The number of aromatic nitrogens is 2. The normalized spacial score (nSPS) is 14.8. The maximum atomic E-state index is 10.6. The first-order chi connectivity index (χ1) is 5.92. The van der Waals surface area contributed by atoms with Crippen molar-refractivity contribution in [1.29, 1.82) is 0 Å². The highest BCUT2D eigenvalue weighted by Gasteiger charge is 2.09. The van der Waals surface area contributed by atoms with Crippen LogP contribution in [0.4, 0.5) is 0 Å². The summed E-state index contributed by atoms with van der Waals surface area (Å²) in [6.07, 6.45) is 8.89. The number of fused-ring (bicyclic) bond motifs is 1. The molecule has 0 spiro atoms. The molecule has 0 unspecified atom stereocenters. The van der Waals surface area contributed by atoms with E-state index >= 15 is 0 Å². The molecule has 0 bridgehead atoms. The topological polar surface area (TPSA) is 45.8 Å². The van der Waals surface area contributed by atoms with Crippen molar-refractivity contribution in [3.05, 3.63) is 35.9 Å². The number of aromatic amines is 1. The first kappa shape index (κ1) is 7.03. The molecule has 0 atom stereocenters. The molecule has 1 N–H and O–H groups in total. The maximum absolute atomic E-state index is 10.6. The van der Waals surface area contributed by atoms with Gasteiger partial charge in [0.05, 0.1) is 12.0 Å². The number of nitrogens with one attached hydrogen (secondary N) is 1. The molecule has 0 saturated heterocycles. The molecule has 3 heteroatoms. The highest BCUT2D eigenvalue weighted by molar-refractivity contribution is 6.07. The molecule has 3 nitrogen and oxygen atoms in total. The molecule has 1 aromatic heterocycles. The van der Waals surface area contributed by atoms with E-state index in [1.165, 1.54) is 0 Å². The molecular weight excluding hydrogens is 152 g/mol. The molecule has 1 aromatic rings. The molecule has 1 aliphatic carbocycles. The number of hydrogen-bond donors (Lipinski definition) is 1. The van der Waals surface area contributed by atoms with Crippen molar-refractivity contribution >= 4 is 11.9 Å². The van der Waals surface area contributed by atoms with Gasteiger partial charge in [0.2, 0.25) is 0 Å². The first-order valence-electron chi connectivity index (χ1n) is 3.76. The van der Waals surface area contributed by atoms with E-state index in [0.29, 0.717) is 5.57 Å². The van der Waals surface area contributed by atoms with Crippen molar-refractivity contribution in [2.24, 2.45) is 0 Å². The van der Waals surface area contributed by atoms with Crippen LogP contribution in [-0.4, -0.2) is 16.3 Å². The van der Waals surface area contributed by atoms with Crippen molar-refractivity contribution in [1.82, 2.24) is 9.97 Å². The Hall–Kier alpha value is -1.64. The lowest BCUT2D eigenvalue weighted by molar-refractivity contribution is -0.103. The number of allylic oxidation sites excluding steroid dienone is 4. The molecule has 1 heterocycles. The Labute approximate surface area is 69.8 Å². The second kappa shape index (κ2) is 2.77. The summed E-state index contributed by atoms with van der Waals surface area (Å²) >= 11 is 0. The van der Waals surface area contributed by atoms with Gasteiger partial charge in [-0.05, 0) is 6.08 Å². The number of carbonyl (C=O) groups excluding carboxylic acids is 1. The van der Waals surface area contributed by atoms with Crippen molar-refractivity contribution in [3.63, 3.8) is 0 Å². The molecule has 0 aromatic carbocycles. The SMILES string of the molecule is O=CC1=CC=CCc2[nH]cnc21. The second-order valence-corrected chi connectivity index (χ2v) is 2.60. The Morgan fingerprint density at radius 3 is 3.33 bits per heavy atom. The zero-order chi connectivity index (χ0) is 8.39. The second-order valence-electron chi connectivity index (χ2n) is 2.60. The van der Waals surface area contributed by atoms with Crippen LogP contribution >= 0.6 is 0 Å². The first-order valence-corrected chi connectivity index (χ1v) is 3.76. The summed E-state index contributed by atoms with van der Waals surface area (Å²) in [6.45, 7) is 0. The van der Waals surface area contributed by atoms with E-state index in [1.807, 2.05) is 12.2 Å². The number of H-pyrrole nitrogens is 1. The van der Waals surface area contributed by atoms with Gasteiger partial charge in [-0.15, -0.1) is 0 Å². The highest BCUT2D eigenvalue weighted by Crippen LogP contribution is 2.17. The largest absolute Gasteiger partial charge is 0.348 e. The van der Waals surface area contributed by atoms with Crippen LogP contribution < -0.4 is 0 Å². The Balaban J connectivity index is 2.56. The maximum Gasteiger partial charge on any atom is 0.152 e. The van der Waals surface area contributed by atoms with E-state index < -0.39 is 0 Å². The fraction of sp³-hybridized carbons (Fsp3) is 0.111. The van der Waals surface area contributed by atoms with Crippen LogP contribution in [0.3, 0.4) is 0 Å². The Kier molecular flexibility index (Phi) is 1.63. The summed E-state index contributed by atoms with van der Waals surface area (Å²) < 4.78 is 0. The summed E-state index contributed by atoms with van der Waals surface area (Å²) in [7, 11) is 0. The van der Waals surface area contributed by atoms with Crippen LogP contribution in [0.25, 0.3) is 5.57 Å². The highest BCUT2D eigenvalue weighted by atomic mass is 16.1. The third kappa shape index (κ3) is 0.993. The fourth-order valence-electron chi connectivity index (χ4n) is 1.26. The summed E-state index contributed by atoms with van der Waals surface area (Å²) in [5.41, 5.74) is 2.41. The monoisotopic (exact) mass is 160 g/mol. The Bertz CT molecular complexity index is 360. The standard InChI is InChI=1S/C9H8N2O/c12-5-7-3-1-2-4-8-9(7)11-6-10-8/h1-3,5-6H,4H2,(H,10,11).